The van der Waals surface area contributed by atoms with Gasteiger partial charge in [0.2, 0.25) is 5.91 Å². The lowest BCUT2D eigenvalue weighted by Crippen LogP contribution is -2.18. The van der Waals surface area contributed by atoms with Gasteiger partial charge in [0.25, 0.3) is 0 Å². The van der Waals surface area contributed by atoms with Gasteiger partial charge in [-0.1, -0.05) is 45.0 Å². The van der Waals surface area contributed by atoms with Gasteiger partial charge in [-0.05, 0) is 66.1 Å². The van der Waals surface area contributed by atoms with Gasteiger partial charge < -0.3 is 19.5 Å². The van der Waals surface area contributed by atoms with Crippen molar-refractivity contribution in [3.8, 4) is 17.2 Å². The van der Waals surface area contributed by atoms with E-state index in [4.69, 9.17) is 14.2 Å². The molecule has 8 nitrogen and oxygen atoms in total. The first-order valence-corrected chi connectivity index (χ1v) is 14.6. The van der Waals surface area contributed by atoms with Gasteiger partial charge in [-0.25, -0.2) is 4.21 Å². The van der Waals surface area contributed by atoms with Crippen molar-refractivity contribution in [1.29, 1.82) is 0 Å². The van der Waals surface area contributed by atoms with E-state index in [1.807, 2.05) is 30.3 Å². The van der Waals surface area contributed by atoms with Gasteiger partial charge >= 0.3 is 0 Å². The molecule has 41 heavy (non-hydrogen) atoms. The fraction of sp³-hybridized carbons (Fsp3) is 0.344. The first-order chi connectivity index (χ1) is 19.6. The van der Waals surface area contributed by atoms with Gasteiger partial charge in [-0.2, -0.15) is 4.40 Å². The molecule has 0 fully saturated rings. The predicted molar refractivity (Wildman–Crippen MR) is 161 cm³/mol. The van der Waals surface area contributed by atoms with Crippen molar-refractivity contribution in [3.05, 3.63) is 76.9 Å². The number of methoxy groups -OCH3 is 2. The first-order valence-electron chi connectivity index (χ1n) is 13.5. The van der Waals surface area contributed by atoms with Crippen molar-refractivity contribution < 1.29 is 28.0 Å². The van der Waals surface area contributed by atoms with Gasteiger partial charge in [0.05, 0.1) is 31.3 Å². The van der Waals surface area contributed by atoms with Crippen LogP contribution in [-0.2, 0) is 27.6 Å². The van der Waals surface area contributed by atoms with Crippen molar-refractivity contribution in [2.75, 3.05) is 26.1 Å². The van der Waals surface area contributed by atoms with Crippen molar-refractivity contribution in [2.24, 2.45) is 4.40 Å². The second kappa shape index (κ2) is 13.1. The first kappa shape index (κ1) is 30.0. The number of nitrogens with zero attached hydrogens (tertiary/aromatic N) is 1. The molecule has 0 bridgehead atoms. The highest BCUT2D eigenvalue weighted by atomic mass is 32.2. The standard InChI is InChI=1S/C32H36N2O6S/c1-32(2,3)23-11-8-21(9-12-23)30(36)29-27(16-15-26(38-4)31(29)39-5)41(37)33-18-6-7-19-40-24-13-14-25-22(20-24)10-17-28(35)34-25/h8-9,11-16,18,20H,6-7,10,17,19H2,1-5H3,(H,34,35)/b33-18+. The highest BCUT2D eigenvalue weighted by molar-refractivity contribution is 7.84. The Morgan fingerprint density at radius 1 is 1.02 bits per heavy atom. The summed E-state index contributed by atoms with van der Waals surface area (Å²) < 4.78 is 34.3. The van der Waals surface area contributed by atoms with Gasteiger partial charge in [0.1, 0.15) is 5.75 Å². The number of aryl methyl sites for hydroxylation is 1. The van der Waals surface area contributed by atoms with Crippen LogP contribution in [0.4, 0.5) is 5.69 Å². The van der Waals surface area contributed by atoms with Gasteiger partial charge in [0.15, 0.2) is 28.3 Å². The molecule has 3 aromatic carbocycles. The molecule has 1 aliphatic rings. The minimum Gasteiger partial charge on any atom is -0.494 e. The van der Waals surface area contributed by atoms with E-state index >= 15 is 0 Å². The van der Waals surface area contributed by atoms with Crippen LogP contribution < -0.4 is 19.5 Å². The molecule has 0 saturated heterocycles. The molecule has 0 spiro atoms. The molecule has 1 aliphatic heterocycles. The van der Waals surface area contributed by atoms with Crippen LogP contribution in [0.1, 0.15) is 67.1 Å². The van der Waals surface area contributed by atoms with E-state index < -0.39 is 11.0 Å². The van der Waals surface area contributed by atoms with E-state index in [9.17, 15) is 13.8 Å². The maximum atomic E-state index is 13.7. The number of amides is 1. The lowest BCUT2D eigenvalue weighted by atomic mass is 9.86. The highest BCUT2D eigenvalue weighted by Gasteiger charge is 2.26. The highest BCUT2D eigenvalue weighted by Crippen LogP contribution is 2.37. The molecule has 1 N–H and O–H groups in total. The molecule has 0 radical (unpaired) electrons. The maximum Gasteiger partial charge on any atom is 0.224 e. The summed E-state index contributed by atoms with van der Waals surface area (Å²) in [5, 5.41) is 2.86. The molecule has 3 aromatic rings. The molecular formula is C32H36N2O6S. The van der Waals surface area contributed by atoms with Crippen LogP contribution >= 0.6 is 0 Å². The summed E-state index contributed by atoms with van der Waals surface area (Å²) in [5.41, 5.74) is 3.56. The van der Waals surface area contributed by atoms with E-state index in [-0.39, 0.29) is 33.3 Å². The second-order valence-electron chi connectivity index (χ2n) is 10.7. The van der Waals surface area contributed by atoms with Crippen LogP contribution in [0, 0.1) is 0 Å². The van der Waals surface area contributed by atoms with Crippen LogP contribution in [-0.4, -0.2) is 42.9 Å². The minimum absolute atomic E-state index is 0.0298. The average molecular weight is 577 g/mol. The van der Waals surface area contributed by atoms with Crippen molar-refractivity contribution in [1.82, 2.24) is 0 Å². The Hall–Kier alpha value is -3.98. The molecule has 1 atom stereocenters. The molecule has 1 unspecified atom stereocenters. The predicted octanol–water partition coefficient (Wildman–Crippen LogP) is 6.07. The summed E-state index contributed by atoms with van der Waals surface area (Å²) in [4.78, 5) is 25.5. The molecule has 0 aromatic heterocycles. The third-order valence-corrected chi connectivity index (χ3v) is 7.88. The zero-order chi connectivity index (χ0) is 29.6. The lowest BCUT2D eigenvalue weighted by molar-refractivity contribution is -0.116. The van der Waals surface area contributed by atoms with E-state index in [0.29, 0.717) is 43.6 Å². The van der Waals surface area contributed by atoms with E-state index in [1.165, 1.54) is 14.2 Å². The zero-order valence-electron chi connectivity index (χ0n) is 24.1. The lowest BCUT2D eigenvalue weighted by Gasteiger charge is -2.19. The largest absolute Gasteiger partial charge is 0.494 e. The number of ketones is 1. The number of benzene rings is 3. The Bertz CT molecular complexity index is 1470. The van der Waals surface area contributed by atoms with Crippen molar-refractivity contribution in [2.45, 2.75) is 56.8 Å². The number of unbranched alkanes of at least 4 members (excludes halogenated alkanes) is 1. The summed E-state index contributed by atoms with van der Waals surface area (Å²) in [7, 11) is 1.10. The number of nitrogens with one attached hydrogen (secondary N) is 1. The zero-order valence-corrected chi connectivity index (χ0v) is 24.9. The van der Waals surface area contributed by atoms with Gasteiger partial charge in [-0.15, -0.1) is 0 Å². The average Bonchev–Trinajstić information content (AvgIpc) is 2.97. The summed E-state index contributed by atoms with van der Waals surface area (Å²) in [5.74, 6) is 1.04. The summed E-state index contributed by atoms with van der Waals surface area (Å²) in [6.45, 7) is 6.77. The smallest absolute Gasteiger partial charge is 0.224 e. The number of rotatable bonds is 11. The summed E-state index contributed by atoms with van der Waals surface area (Å²) in [6, 6.07) is 16.3. The molecule has 216 valence electrons. The minimum atomic E-state index is -1.84. The molecule has 4 rings (SSSR count). The normalized spacial score (nSPS) is 13.8. The third-order valence-electron chi connectivity index (χ3n) is 6.82. The monoisotopic (exact) mass is 576 g/mol. The molecule has 9 heteroatoms. The topological polar surface area (TPSA) is 103 Å². The molecule has 0 saturated carbocycles. The van der Waals surface area contributed by atoms with Gasteiger partial charge in [0, 0.05) is 23.9 Å². The Balaban J connectivity index is 1.43. The number of carbonyl (C=O) groups excluding carboxylic acids is 2. The Labute approximate surface area is 243 Å². The van der Waals surface area contributed by atoms with Crippen molar-refractivity contribution >= 4 is 34.6 Å². The van der Waals surface area contributed by atoms with E-state index in [1.54, 1.807) is 30.5 Å². The molecular weight excluding hydrogens is 540 g/mol. The summed E-state index contributed by atoms with van der Waals surface area (Å²) in [6.07, 6.45) is 3.95. The molecule has 0 aliphatic carbocycles. The Kier molecular flexibility index (Phi) is 9.60. The number of anilines is 1. The quantitative estimate of drug-likeness (QED) is 0.169. The van der Waals surface area contributed by atoms with Gasteiger partial charge in [-0.3, -0.25) is 9.59 Å². The fourth-order valence-corrected chi connectivity index (χ4v) is 5.43. The van der Waals surface area contributed by atoms with Crippen molar-refractivity contribution in [3.63, 3.8) is 0 Å². The maximum absolute atomic E-state index is 13.7. The number of hydrogen-bond acceptors (Lipinski definition) is 6. The Morgan fingerprint density at radius 3 is 2.46 bits per heavy atom. The van der Waals surface area contributed by atoms with Crippen LogP contribution in [0.3, 0.4) is 0 Å². The fourth-order valence-electron chi connectivity index (χ4n) is 4.53. The summed E-state index contributed by atoms with van der Waals surface area (Å²) >= 11 is 0. The molecule has 1 heterocycles. The van der Waals surface area contributed by atoms with E-state index in [0.717, 1.165) is 22.6 Å². The van der Waals surface area contributed by atoms with E-state index in [2.05, 4.69) is 30.5 Å². The second-order valence-corrected chi connectivity index (χ2v) is 11.9. The Morgan fingerprint density at radius 2 is 1.78 bits per heavy atom. The third kappa shape index (κ3) is 7.21. The van der Waals surface area contributed by atoms with Crippen LogP contribution in [0.15, 0.2) is 63.9 Å². The number of carbonyl (C=O) groups is 2. The van der Waals surface area contributed by atoms with Crippen LogP contribution in [0.2, 0.25) is 0 Å². The number of hydrogen-bond donors (Lipinski definition) is 1. The number of fused-ring (bicyclic) bond motifs is 1. The molecule has 1 amide bonds. The van der Waals surface area contributed by atoms with Crippen LogP contribution in [0.25, 0.3) is 0 Å². The SMILES string of the molecule is COc1ccc(S(=O)/N=C/CCCOc2ccc3c(c2)CCC(=O)N3)c(C(=O)c2ccc(C(C)(C)C)cc2)c1OC. The van der Waals surface area contributed by atoms with Crippen LogP contribution in [0.5, 0.6) is 17.2 Å². The number of ether oxygens (including phenoxy) is 3.